The summed E-state index contributed by atoms with van der Waals surface area (Å²) in [7, 11) is 0. The van der Waals surface area contributed by atoms with Crippen molar-refractivity contribution in [2.75, 3.05) is 0 Å². The van der Waals surface area contributed by atoms with Crippen LogP contribution in [0.15, 0.2) is 328 Å². The molecule has 0 aliphatic rings. The summed E-state index contributed by atoms with van der Waals surface area (Å²) < 4.78 is 5.23. The normalized spacial score (nSPS) is 12.0. The van der Waals surface area contributed by atoms with E-state index in [2.05, 4.69) is 328 Å². The predicted octanol–water partition coefficient (Wildman–Crippen LogP) is 27.3. The maximum atomic E-state index is 2.46. The van der Waals surface area contributed by atoms with Crippen LogP contribution in [0.3, 0.4) is 0 Å². The number of benzene rings is 18. The van der Waals surface area contributed by atoms with Crippen LogP contribution in [0.25, 0.3) is 204 Å². The van der Waals surface area contributed by atoms with Gasteiger partial charge in [-0.05, 0) is 237 Å². The van der Waals surface area contributed by atoms with Crippen molar-refractivity contribution in [1.82, 2.24) is 0 Å². The van der Waals surface area contributed by atoms with Crippen LogP contribution >= 0.6 is 22.7 Å². The molecule has 2 heterocycles. The Morgan fingerprint density at radius 2 is 0.468 bits per heavy atom. The molecule has 94 heavy (non-hydrogen) atoms. The Balaban J connectivity index is 0.656. The quantitative estimate of drug-likeness (QED) is 0.140. The van der Waals surface area contributed by atoms with Gasteiger partial charge in [-0.15, -0.1) is 22.7 Å². The molecule has 0 aliphatic heterocycles. The average molecular weight is 1220 g/mol. The molecule has 434 valence electrons. The van der Waals surface area contributed by atoms with Crippen molar-refractivity contribution >= 4 is 149 Å². The lowest BCUT2D eigenvalue weighted by molar-refractivity contribution is 1.63. The van der Waals surface area contributed by atoms with Crippen molar-refractivity contribution in [3.63, 3.8) is 0 Å². The number of thiophene rings is 2. The van der Waals surface area contributed by atoms with Crippen LogP contribution in [0.1, 0.15) is 0 Å². The van der Waals surface area contributed by atoms with E-state index in [0.29, 0.717) is 0 Å². The van der Waals surface area contributed by atoms with Gasteiger partial charge in [0.1, 0.15) is 0 Å². The Hall–Kier alpha value is -11.5. The first kappa shape index (κ1) is 53.2. The Labute approximate surface area is 550 Å². The average Bonchev–Trinajstić information content (AvgIpc) is 1.03. The zero-order valence-electron chi connectivity index (χ0n) is 51.0. The second kappa shape index (κ2) is 21.0. The molecule has 20 rings (SSSR count). The third-order valence-electron chi connectivity index (χ3n) is 20.1. The van der Waals surface area contributed by atoms with E-state index in [9.17, 15) is 0 Å². The molecule has 2 aromatic heterocycles. The fourth-order valence-electron chi connectivity index (χ4n) is 15.8. The Kier molecular flexibility index (Phi) is 11.9. The maximum Gasteiger partial charge on any atom is 0.0362 e. The molecule has 20 aromatic rings. The van der Waals surface area contributed by atoms with Crippen molar-refractivity contribution in [3.8, 4) is 77.9 Å². The Morgan fingerprint density at radius 1 is 0.138 bits per heavy atom. The van der Waals surface area contributed by atoms with E-state index in [0.717, 1.165) is 0 Å². The van der Waals surface area contributed by atoms with Crippen LogP contribution in [0.2, 0.25) is 0 Å². The predicted molar refractivity (Wildman–Crippen MR) is 410 cm³/mol. The van der Waals surface area contributed by atoms with Crippen molar-refractivity contribution in [2.45, 2.75) is 0 Å². The highest BCUT2D eigenvalue weighted by Crippen LogP contribution is 2.50. The molecule has 0 amide bonds. The molecule has 2 heteroatoms. The van der Waals surface area contributed by atoms with Crippen molar-refractivity contribution < 1.29 is 0 Å². The number of hydrogen-bond acceptors (Lipinski definition) is 2. The van der Waals surface area contributed by atoms with Gasteiger partial charge in [0.15, 0.2) is 0 Å². The number of hydrogen-bond donors (Lipinski definition) is 0. The lowest BCUT2D eigenvalue weighted by Gasteiger charge is -2.18. The van der Waals surface area contributed by atoms with Gasteiger partial charge >= 0.3 is 0 Å². The highest BCUT2D eigenvalue weighted by atomic mass is 32.1. The summed E-state index contributed by atoms with van der Waals surface area (Å²) in [6.07, 6.45) is 0. The van der Waals surface area contributed by atoms with Crippen LogP contribution in [0, 0.1) is 0 Å². The Morgan fingerprint density at radius 3 is 1.01 bits per heavy atom. The lowest BCUT2D eigenvalue weighted by atomic mass is 9.85. The summed E-state index contributed by atoms with van der Waals surface area (Å²) in [5.41, 5.74) is 17.3. The summed E-state index contributed by atoms with van der Waals surface area (Å²) in [5.74, 6) is 0. The fourth-order valence-corrected chi connectivity index (χ4v) is 18.1. The standard InChI is InChI=1S/C92H54S2/c1-2-18-56-45-60(38-37-55(56)17-1)57-21-13-25-65(46-57)89-72-27-5-9-31-76(72)92(77-32-10-6-28-73(77)89)68-41-44-86-82(52-68)84-50-63-24-16-36-70(80(63)54-88(84)94-86)64-39-42-71-61(47-64)23-15-35-69(71)62-22-14-26-66(48-62)90-74-29-7-11-33-78(74)91(79-34-12-8-30-75(79)90)67-40-43-85-81(51-67)83-49-58-19-3-4-20-59(58)53-87(83)93-85/h1-54H. The van der Waals surface area contributed by atoms with E-state index in [1.165, 1.54) is 204 Å². The minimum Gasteiger partial charge on any atom is -0.135 e. The minimum atomic E-state index is 1.20. The second-order valence-electron chi connectivity index (χ2n) is 25.3. The van der Waals surface area contributed by atoms with Gasteiger partial charge in [-0.1, -0.05) is 255 Å². The van der Waals surface area contributed by atoms with Gasteiger partial charge in [0.2, 0.25) is 0 Å². The van der Waals surface area contributed by atoms with E-state index < -0.39 is 0 Å². The van der Waals surface area contributed by atoms with Gasteiger partial charge in [0.05, 0.1) is 0 Å². The molecule has 0 bridgehead atoms. The third-order valence-corrected chi connectivity index (χ3v) is 22.4. The Bertz CT molecular complexity index is 6500. The minimum absolute atomic E-state index is 1.20. The van der Waals surface area contributed by atoms with E-state index in [-0.39, 0.29) is 0 Å². The van der Waals surface area contributed by atoms with Crippen LogP contribution < -0.4 is 0 Å². The number of fused-ring (bicyclic) bond motifs is 14. The third kappa shape index (κ3) is 8.37. The number of rotatable bonds is 7. The molecule has 0 N–H and O–H groups in total. The molecular formula is C92H54S2. The van der Waals surface area contributed by atoms with Gasteiger partial charge < -0.3 is 0 Å². The van der Waals surface area contributed by atoms with Crippen LogP contribution in [-0.2, 0) is 0 Å². The van der Waals surface area contributed by atoms with Gasteiger partial charge in [0.25, 0.3) is 0 Å². The van der Waals surface area contributed by atoms with Crippen LogP contribution in [-0.4, -0.2) is 0 Å². The zero-order valence-corrected chi connectivity index (χ0v) is 52.6. The molecule has 0 fully saturated rings. The zero-order chi connectivity index (χ0) is 61.5. The molecule has 0 aliphatic carbocycles. The van der Waals surface area contributed by atoms with Crippen molar-refractivity contribution in [2.24, 2.45) is 0 Å². The van der Waals surface area contributed by atoms with Crippen LogP contribution in [0.5, 0.6) is 0 Å². The molecule has 0 saturated heterocycles. The first-order valence-corrected chi connectivity index (χ1v) is 34.1. The van der Waals surface area contributed by atoms with Gasteiger partial charge in [-0.25, -0.2) is 0 Å². The summed E-state index contributed by atoms with van der Waals surface area (Å²) in [6, 6.07) is 123. The van der Waals surface area contributed by atoms with E-state index in [1.807, 2.05) is 22.7 Å². The van der Waals surface area contributed by atoms with Gasteiger partial charge in [-0.2, -0.15) is 0 Å². The maximum absolute atomic E-state index is 2.46. The summed E-state index contributed by atoms with van der Waals surface area (Å²) in [4.78, 5) is 0. The summed E-state index contributed by atoms with van der Waals surface area (Å²) in [6.45, 7) is 0. The van der Waals surface area contributed by atoms with E-state index in [1.54, 1.807) is 0 Å². The second-order valence-corrected chi connectivity index (χ2v) is 27.5. The lowest BCUT2D eigenvalue weighted by Crippen LogP contribution is -1.91. The van der Waals surface area contributed by atoms with Crippen LogP contribution in [0.4, 0.5) is 0 Å². The molecule has 0 radical (unpaired) electrons. The van der Waals surface area contributed by atoms with E-state index >= 15 is 0 Å². The molecule has 0 unspecified atom stereocenters. The monoisotopic (exact) mass is 1220 g/mol. The topological polar surface area (TPSA) is 0 Å². The summed E-state index contributed by atoms with van der Waals surface area (Å²) >= 11 is 3.78. The molecule has 18 aromatic carbocycles. The molecule has 0 nitrogen and oxygen atoms in total. The fraction of sp³-hybridized carbons (Fsp3) is 0. The first-order chi connectivity index (χ1) is 46.6. The SMILES string of the molecule is c1cc(-c2ccc3ccccc3c2)cc(-c2c3ccccc3c(-c3ccc4sc5cc6c(-c7ccc8c(-c9cccc(-c%10c%11ccccc%11c(-c%11ccc%12sc%13cc%14ccccc%14cc%13c%12c%11)c%11ccccc%10%11)c9)cccc8c7)cccc6cc5c4c3)c3ccccc23)c1. The molecule has 0 spiro atoms. The first-order valence-electron chi connectivity index (χ1n) is 32.4. The van der Waals surface area contributed by atoms with Crippen molar-refractivity contribution in [1.29, 1.82) is 0 Å². The summed E-state index contributed by atoms with van der Waals surface area (Å²) in [5, 5.41) is 25.3. The molecule has 0 atom stereocenters. The highest BCUT2D eigenvalue weighted by molar-refractivity contribution is 7.26. The van der Waals surface area contributed by atoms with Gasteiger partial charge in [-0.3, -0.25) is 0 Å². The molecule has 0 saturated carbocycles. The van der Waals surface area contributed by atoms with Crippen molar-refractivity contribution in [3.05, 3.63) is 328 Å². The molecular weight excluding hydrogens is 1170 g/mol. The highest BCUT2D eigenvalue weighted by Gasteiger charge is 2.22. The van der Waals surface area contributed by atoms with Gasteiger partial charge in [0, 0.05) is 40.3 Å². The van der Waals surface area contributed by atoms with E-state index in [4.69, 9.17) is 0 Å². The smallest absolute Gasteiger partial charge is 0.0362 e. The largest absolute Gasteiger partial charge is 0.135 e.